The second kappa shape index (κ2) is 10.2. The van der Waals surface area contributed by atoms with E-state index in [4.69, 9.17) is 9.47 Å². The first-order valence-electron chi connectivity index (χ1n) is 13.3. The lowest BCUT2D eigenvalue weighted by Gasteiger charge is -2.47. The number of anilines is 1. The smallest absolute Gasteiger partial charge is 0.269 e. The van der Waals surface area contributed by atoms with Gasteiger partial charge in [-0.25, -0.2) is 0 Å². The van der Waals surface area contributed by atoms with E-state index in [1.807, 2.05) is 46.2 Å². The van der Waals surface area contributed by atoms with Crippen molar-refractivity contribution in [2.24, 2.45) is 0 Å². The Morgan fingerprint density at radius 3 is 2.25 bits per heavy atom. The molecule has 3 aromatic carbocycles. The summed E-state index contributed by atoms with van der Waals surface area (Å²) in [5, 5.41) is 11.0. The lowest BCUT2D eigenvalue weighted by Crippen LogP contribution is -2.54. The van der Waals surface area contributed by atoms with Gasteiger partial charge in [0.1, 0.15) is 0 Å². The van der Waals surface area contributed by atoms with Gasteiger partial charge in [-0.15, -0.1) is 0 Å². The van der Waals surface area contributed by atoms with Crippen LogP contribution in [0, 0.1) is 10.1 Å². The third-order valence-corrected chi connectivity index (χ3v) is 8.31. The highest BCUT2D eigenvalue weighted by atomic mass is 16.6. The number of carbonyl (C=O) groups excluding carboxylic acids is 2. The minimum absolute atomic E-state index is 0.0130. The van der Waals surface area contributed by atoms with Crippen molar-refractivity contribution >= 4 is 23.2 Å². The van der Waals surface area contributed by atoms with Crippen LogP contribution in [0.4, 0.5) is 11.4 Å². The molecule has 2 atom stereocenters. The molecule has 0 saturated carbocycles. The predicted molar refractivity (Wildman–Crippen MR) is 148 cm³/mol. The summed E-state index contributed by atoms with van der Waals surface area (Å²) in [5.41, 5.74) is 4.22. The van der Waals surface area contributed by atoms with Crippen LogP contribution in [0.15, 0.2) is 60.7 Å². The van der Waals surface area contributed by atoms with Crippen LogP contribution in [-0.4, -0.2) is 73.5 Å². The maximum Gasteiger partial charge on any atom is 0.269 e. The molecule has 0 N–H and O–H groups in total. The van der Waals surface area contributed by atoms with Crippen LogP contribution >= 0.6 is 0 Å². The van der Waals surface area contributed by atoms with Gasteiger partial charge in [0.25, 0.3) is 11.6 Å². The van der Waals surface area contributed by atoms with E-state index in [0.717, 1.165) is 22.4 Å². The molecule has 0 aliphatic carbocycles. The molecule has 6 rings (SSSR count). The van der Waals surface area contributed by atoms with Crippen LogP contribution in [0.2, 0.25) is 0 Å². The van der Waals surface area contributed by atoms with Crippen molar-refractivity contribution < 1.29 is 24.0 Å². The first kappa shape index (κ1) is 25.7. The zero-order valence-electron chi connectivity index (χ0n) is 22.4. The largest absolute Gasteiger partial charge is 0.493 e. The number of nitro groups is 1. The first-order chi connectivity index (χ1) is 19.4. The second-order valence-electron chi connectivity index (χ2n) is 10.3. The Morgan fingerprint density at radius 1 is 0.900 bits per heavy atom. The van der Waals surface area contributed by atoms with E-state index in [1.54, 1.807) is 26.4 Å². The topological polar surface area (TPSA) is 105 Å². The van der Waals surface area contributed by atoms with Crippen molar-refractivity contribution in [3.05, 3.63) is 93.0 Å². The van der Waals surface area contributed by atoms with Gasteiger partial charge in [0, 0.05) is 56.1 Å². The molecule has 0 bridgehead atoms. The molecule has 40 heavy (non-hydrogen) atoms. The lowest BCUT2D eigenvalue weighted by atomic mass is 9.75. The number of fused-ring (bicyclic) bond motifs is 4. The molecule has 206 valence electrons. The minimum Gasteiger partial charge on any atom is -0.493 e. The Balaban J connectivity index is 1.32. The highest BCUT2D eigenvalue weighted by Gasteiger charge is 2.48. The summed E-state index contributed by atoms with van der Waals surface area (Å²) in [4.78, 5) is 44.5. The van der Waals surface area contributed by atoms with E-state index in [0.29, 0.717) is 56.2 Å². The SMILES string of the molecule is COc1cc2c(cc1OC)[C@H]1[C@@H](C(=O)N3CCN(c4ccc([N+](=O)[O-])cc4)CC3)c3ccccc3C(=O)N1CC2. The van der Waals surface area contributed by atoms with Crippen LogP contribution in [0.1, 0.15) is 39.0 Å². The number of hydrogen-bond donors (Lipinski definition) is 0. The van der Waals surface area contributed by atoms with Crippen LogP contribution in [-0.2, 0) is 11.2 Å². The van der Waals surface area contributed by atoms with Crippen molar-refractivity contribution in [3.63, 3.8) is 0 Å². The number of benzene rings is 3. The fourth-order valence-corrected chi connectivity index (χ4v) is 6.29. The van der Waals surface area contributed by atoms with Gasteiger partial charge in [-0.05, 0) is 53.4 Å². The van der Waals surface area contributed by atoms with E-state index < -0.39 is 16.9 Å². The quantitative estimate of drug-likeness (QED) is 0.357. The number of carbonyl (C=O) groups is 2. The average molecular weight is 543 g/mol. The van der Waals surface area contributed by atoms with Gasteiger partial charge in [0.15, 0.2) is 11.5 Å². The monoisotopic (exact) mass is 542 g/mol. The number of amides is 2. The molecule has 10 nitrogen and oxygen atoms in total. The second-order valence-corrected chi connectivity index (χ2v) is 10.3. The molecule has 3 aliphatic heterocycles. The van der Waals surface area contributed by atoms with E-state index in [1.165, 1.54) is 12.1 Å². The Kier molecular flexibility index (Phi) is 6.53. The number of hydrogen-bond acceptors (Lipinski definition) is 7. The van der Waals surface area contributed by atoms with E-state index in [2.05, 4.69) is 4.90 Å². The standard InChI is InChI=1S/C30H30N4O6/c1-39-25-17-19-11-12-33-28(24(19)18-26(25)40-2)27(22-5-3-4-6-23(22)29(33)35)30(36)32-15-13-31(14-16-32)20-7-9-21(10-8-20)34(37)38/h3-10,17-18,27-28H,11-16H2,1-2H3/t27-,28-/m0/s1. The van der Waals surface area contributed by atoms with Crippen molar-refractivity contribution in [2.75, 3.05) is 51.8 Å². The van der Waals surface area contributed by atoms with Gasteiger partial charge in [0.2, 0.25) is 5.91 Å². The van der Waals surface area contributed by atoms with Crippen molar-refractivity contribution in [2.45, 2.75) is 18.4 Å². The third-order valence-electron chi connectivity index (χ3n) is 8.31. The van der Waals surface area contributed by atoms with Crippen LogP contribution in [0.5, 0.6) is 11.5 Å². The molecule has 3 heterocycles. The fraction of sp³-hybridized carbons (Fsp3) is 0.333. The van der Waals surface area contributed by atoms with Gasteiger partial charge in [-0.2, -0.15) is 0 Å². The predicted octanol–water partition coefficient (Wildman–Crippen LogP) is 3.80. The molecule has 0 aromatic heterocycles. The maximum atomic E-state index is 14.4. The van der Waals surface area contributed by atoms with E-state index in [9.17, 15) is 19.7 Å². The van der Waals surface area contributed by atoms with Gasteiger partial charge in [0.05, 0.1) is 31.1 Å². The van der Waals surface area contributed by atoms with E-state index >= 15 is 0 Å². The summed E-state index contributed by atoms with van der Waals surface area (Å²) in [7, 11) is 3.18. The molecule has 3 aromatic rings. The van der Waals surface area contributed by atoms with E-state index in [-0.39, 0.29) is 17.5 Å². The number of nitrogens with zero attached hydrogens (tertiary/aromatic N) is 4. The summed E-state index contributed by atoms with van der Waals surface area (Å²) in [6.07, 6.45) is 0.662. The number of ether oxygens (including phenoxy) is 2. The molecule has 3 aliphatic rings. The van der Waals surface area contributed by atoms with Crippen molar-refractivity contribution in [3.8, 4) is 11.5 Å². The summed E-state index contributed by atoms with van der Waals surface area (Å²) in [6, 6.07) is 17.3. The van der Waals surface area contributed by atoms with Gasteiger partial charge < -0.3 is 24.2 Å². The van der Waals surface area contributed by atoms with Crippen LogP contribution < -0.4 is 14.4 Å². The first-order valence-corrected chi connectivity index (χ1v) is 13.3. The normalized spacial score (nSPS) is 19.9. The zero-order chi connectivity index (χ0) is 28.0. The maximum absolute atomic E-state index is 14.4. The third kappa shape index (κ3) is 4.20. The highest BCUT2D eigenvalue weighted by molar-refractivity contribution is 6.01. The Morgan fingerprint density at radius 2 is 1.57 bits per heavy atom. The Hall–Kier alpha value is -4.60. The molecular weight excluding hydrogens is 512 g/mol. The van der Waals surface area contributed by atoms with Crippen molar-refractivity contribution in [1.82, 2.24) is 9.80 Å². The van der Waals surface area contributed by atoms with Gasteiger partial charge in [-0.3, -0.25) is 19.7 Å². The van der Waals surface area contributed by atoms with Crippen LogP contribution in [0.25, 0.3) is 0 Å². The molecule has 0 unspecified atom stereocenters. The molecule has 2 amide bonds. The fourth-order valence-electron chi connectivity index (χ4n) is 6.29. The molecule has 0 radical (unpaired) electrons. The number of methoxy groups -OCH3 is 2. The number of nitro benzene ring substituents is 1. The molecule has 1 fully saturated rings. The summed E-state index contributed by atoms with van der Waals surface area (Å²) in [5.74, 6) is 0.561. The summed E-state index contributed by atoms with van der Waals surface area (Å²) in [6.45, 7) is 2.74. The Labute approximate surface area is 231 Å². The summed E-state index contributed by atoms with van der Waals surface area (Å²) >= 11 is 0. The molecule has 0 spiro atoms. The Bertz CT molecular complexity index is 1480. The molecule has 10 heteroatoms. The number of rotatable bonds is 5. The number of non-ortho nitro benzene ring substituents is 1. The van der Waals surface area contributed by atoms with Gasteiger partial charge >= 0.3 is 0 Å². The molecular formula is C30H30N4O6. The van der Waals surface area contributed by atoms with Crippen molar-refractivity contribution in [1.29, 1.82) is 0 Å². The molecule has 1 saturated heterocycles. The summed E-state index contributed by atoms with van der Waals surface area (Å²) < 4.78 is 11.1. The average Bonchev–Trinajstić information content (AvgIpc) is 3.00. The zero-order valence-corrected chi connectivity index (χ0v) is 22.4. The van der Waals surface area contributed by atoms with Gasteiger partial charge in [-0.1, -0.05) is 18.2 Å². The number of piperazine rings is 1. The minimum atomic E-state index is -0.558. The van der Waals surface area contributed by atoms with Crippen LogP contribution in [0.3, 0.4) is 0 Å². The highest BCUT2D eigenvalue weighted by Crippen LogP contribution is 2.49. The lowest BCUT2D eigenvalue weighted by molar-refractivity contribution is -0.384.